The monoisotopic (exact) mass is 302 g/mol. The number of hydrogen-bond acceptors (Lipinski definition) is 3. The van der Waals surface area contributed by atoms with E-state index >= 15 is 0 Å². The summed E-state index contributed by atoms with van der Waals surface area (Å²) in [5.41, 5.74) is 1.91. The van der Waals surface area contributed by atoms with Gasteiger partial charge in [-0.05, 0) is 44.2 Å². The molecule has 0 saturated carbocycles. The van der Waals surface area contributed by atoms with Crippen molar-refractivity contribution in [1.82, 2.24) is 5.32 Å². The van der Waals surface area contributed by atoms with E-state index in [1.54, 1.807) is 31.4 Å². The molecule has 0 spiro atoms. The van der Waals surface area contributed by atoms with E-state index < -0.39 is 11.8 Å². The van der Waals surface area contributed by atoms with Gasteiger partial charge in [-0.1, -0.05) is 17.7 Å². The van der Waals surface area contributed by atoms with Gasteiger partial charge in [-0.3, -0.25) is 9.59 Å². The van der Waals surface area contributed by atoms with Gasteiger partial charge in [0.15, 0.2) is 0 Å². The highest BCUT2D eigenvalue weighted by atomic mass is 16.5. The van der Waals surface area contributed by atoms with Crippen LogP contribution in [0.25, 0.3) is 0 Å². The van der Waals surface area contributed by atoms with Crippen LogP contribution in [0.15, 0.2) is 35.9 Å². The number of hydrogen-bond donors (Lipinski definition) is 2. The molecule has 0 aliphatic heterocycles. The van der Waals surface area contributed by atoms with E-state index in [1.807, 2.05) is 0 Å². The summed E-state index contributed by atoms with van der Waals surface area (Å²) in [6, 6.07) is 6.90. The van der Waals surface area contributed by atoms with E-state index in [4.69, 9.17) is 4.74 Å². The molecule has 2 rings (SSSR count). The van der Waals surface area contributed by atoms with Gasteiger partial charge in [-0.25, -0.2) is 0 Å². The second kappa shape index (κ2) is 8.22. The van der Waals surface area contributed by atoms with Crippen LogP contribution in [0.1, 0.15) is 32.1 Å². The number of nitrogens with one attached hydrogen (secondary N) is 2. The third kappa shape index (κ3) is 4.91. The molecular formula is C17H22N2O3. The molecule has 0 aromatic heterocycles. The van der Waals surface area contributed by atoms with Gasteiger partial charge in [0.05, 0.1) is 7.11 Å². The van der Waals surface area contributed by atoms with Crippen LogP contribution < -0.4 is 15.4 Å². The molecule has 1 aliphatic carbocycles. The molecule has 0 radical (unpaired) electrons. The average molecular weight is 302 g/mol. The van der Waals surface area contributed by atoms with Gasteiger partial charge in [0.2, 0.25) is 0 Å². The standard InChI is InChI=1S/C17H22N2O3/c1-22-15-9-5-8-14(12-15)19-17(21)16(20)18-11-10-13-6-3-2-4-7-13/h5-6,8-9,12H,2-4,7,10-11H2,1H3,(H,18,20)(H,19,21). The van der Waals surface area contributed by atoms with Crippen molar-refractivity contribution in [1.29, 1.82) is 0 Å². The molecule has 2 amide bonds. The Labute approximate surface area is 130 Å². The van der Waals surface area contributed by atoms with E-state index in [1.165, 1.54) is 18.4 Å². The molecule has 1 aromatic rings. The van der Waals surface area contributed by atoms with Crippen LogP contribution in [0.5, 0.6) is 5.75 Å². The molecule has 1 aliphatic rings. The summed E-state index contributed by atoms with van der Waals surface area (Å²) < 4.78 is 5.07. The summed E-state index contributed by atoms with van der Waals surface area (Å²) in [7, 11) is 1.55. The van der Waals surface area contributed by atoms with Crippen molar-refractivity contribution in [2.45, 2.75) is 32.1 Å². The van der Waals surface area contributed by atoms with Gasteiger partial charge in [-0.2, -0.15) is 0 Å². The molecule has 118 valence electrons. The van der Waals surface area contributed by atoms with Gasteiger partial charge >= 0.3 is 11.8 Å². The number of methoxy groups -OCH3 is 1. The molecular weight excluding hydrogens is 280 g/mol. The Morgan fingerprint density at radius 1 is 1.23 bits per heavy atom. The van der Waals surface area contributed by atoms with Crippen LogP contribution in [0.2, 0.25) is 0 Å². The van der Waals surface area contributed by atoms with Crippen molar-refractivity contribution >= 4 is 17.5 Å². The zero-order valence-electron chi connectivity index (χ0n) is 12.9. The third-order valence-electron chi connectivity index (χ3n) is 3.65. The molecule has 0 atom stereocenters. The minimum Gasteiger partial charge on any atom is -0.497 e. The molecule has 5 heteroatoms. The van der Waals surface area contributed by atoms with E-state index in [0.29, 0.717) is 18.0 Å². The topological polar surface area (TPSA) is 67.4 Å². The maximum atomic E-state index is 11.8. The Morgan fingerprint density at radius 3 is 2.82 bits per heavy atom. The summed E-state index contributed by atoms with van der Waals surface area (Å²) in [5, 5.41) is 5.21. The van der Waals surface area contributed by atoms with Gasteiger partial charge in [-0.15, -0.1) is 0 Å². The summed E-state index contributed by atoms with van der Waals surface area (Å²) >= 11 is 0. The average Bonchev–Trinajstić information content (AvgIpc) is 2.56. The van der Waals surface area contributed by atoms with Crippen molar-refractivity contribution in [2.75, 3.05) is 19.0 Å². The molecule has 0 saturated heterocycles. The largest absolute Gasteiger partial charge is 0.497 e. The van der Waals surface area contributed by atoms with Crippen molar-refractivity contribution < 1.29 is 14.3 Å². The molecule has 2 N–H and O–H groups in total. The third-order valence-corrected chi connectivity index (χ3v) is 3.65. The maximum Gasteiger partial charge on any atom is 0.313 e. The van der Waals surface area contributed by atoms with E-state index in [9.17, 15) is 9.59 Å². The lowest BCUT2D eigenvalue weighted by molar-refractivity contribution is -0.136. The molecule has 0 bridgehead atoms. The van der Waals surface area contributed by atoms with Crippen LogP contribution in [0.4, 0.5) is 5.69 Å². The zero-order valence-corrected chi connectivity index (χ0v) is 12.9. The fourth-order valence-electron chi connectivity index (χ4n) is 2.44. The Kier molecular flexibility index (Phi) is 6.01. The SMILES string of the molecule is COc1cccc(NC(=O)C(=O)NCCC2=CCCCC2)c1. The van der Waals surface area contributed by atoms with Crippen LogP contribution >= 0.6 is 0 Å². The van der Waals surface area contributed by atoms with Crippen molar-refractivity contribution in [3.05, 3.63) is 35.9 Å². The first-order chi connectivity index (χ1) is 10.7. The Morgan fingerprint density at radius 2 is 2.09 bits per heavy atom. The minimum atomic E-state index is -0.661. The first-order valence-electron chi connectivity index (χ1n) is 7.60. The number of allylic oxidation sites excluding steroid dienone is 1. The van der Waals surface area contributed by atoms with E-state index in [2.05, 4.69) is 16.7 Å². The van der Waals surface area contributed by atoms with Crippen molar-refractivity contribution in [3.63, 3.8) is 0 Å². The minimum absolute atomic E-state index is 0.496. The van der Waals surface area contributed by atoms with Crippen LogP contribution in [0, 0.1) is 0 Å². The summed E-state index contributed by atoms with van der Waals surface area (Å²) in [6.07, 6.45) is 7.75. The van der Waals surface area contributed by atoms with Crippen molar-refractivity contribution in [2.24, 2.45) is 0 Å². The number of benzene rings is 1. The molecule has 1 aromatic carbocycles. The zero-order chi connectivity index (χ0) is 15.8. The highest BCUT2D eigenvalue weighted by molar-refractivity contribution is 6.39. The second-order valence-electron chi connectivity index (χ2n) is 5.30. The van der Waals surface area contributed by atoms with Gasteiger partial charge in [0, 0.05) is 18.3 Å². The fraction of sp³-hybridized carbons (Fsp3) is 0.412. The lowest BCUT2D eigenvalue weighted by Crippen LogP contribution is -2.36. The number of amides is 2. The highest BCUT2D eigenvalue weighted by Crippen LogP contribution is 2.19. The molecule has 5 nitrogen and oxygen atoms in total. The molecule has 0 heterocycles. The van der Waals surface area contributed by atoms with Gasteiger partial charge < -0.3 is 15.4 Å². The smallest absolute Gasteiger partial charge is 0.313 e. The first kappa shape index (κ1) is 16.1. The number of anilines is 1. The predicted molar refractivity (Wildman–Crippen MR) is 85.8 cm³/mol. The second-order valence-corrected chi connectivity index (χ2v) is 5.30. The predicted octanol–water partition coefficient (Wildman–Crippen LogP) is 2.64. The van der Waals surface area contributed by atoms with E-state index in [0.717, 1.165) is 19.3 Å². The number of carbonyl (C=O) groups is 2. The normalized spacial score (nSPS) is 14.0. The van der Waals surface area contributed by atoms with Crippen LogP contribution in [-0.4, -0.2) is 25.5 Å². The first-order valence-corrected chi connectivity index (χ1v) is 7.60. The Hall–Kier alpha value is -2.30. The van der Waals surface area contributed by atoms with Crippen LogP contribution in [0.3, 0.4) is 0 Å². The highest BCUT2D eigenvalue weighted by Gasteiger charge is 2.13. The number of rotatable bonds is 5. The maximum absolute atomic E-state index is 11.8. The summed E-state index contributed by atoms with van der Waals surface area (Å²) in [5.74, 6) is -0.646. The molecule has 0 unspecified atom stereocenters. The number of ether oxygens (including phenoxy) is 1. The lowest BCUT2D eigenvalue weighted by atomic mass is 9.97. The van der Waals surface area contributed by atoms with Gasteiger partial charge in [0.1, 0.15) is 5.75 Å². The quantitative estimate of drug-likeness (QED) is 0.649. The molecule has 22 heavy (non-hydrogen) atoms. The Balaban J connectivity index is 1.76. The molecule has 0 fully saturated rings. The van der Waals surface area contributed by atoms with Gasteiger partial charge in [0.25, 0.3) is 0 Å². The lowest BCUT2D eigenvalue weighted by Gasteiger charge is -2.13. The Bertz CT molecular complexity index is 567. The van der Waals surface area contributed by atoms with Crippen LogP contribution in [-0.2, 0) is 9.59 Å². The fourth-order valence-corrected chi connectivity index (χ4v) is 2.44. The number of carbonyl (C=O) groups excluding carboxylic acids is 2. The van der Waals surface area contributed by atoms with Crippen molar-refractivity contribution in [3.8, 4) is 5.75 Å². The summed E-state index contributed by atoms with van der Waals surface area (Å²) in [6.45, 7) is 0.496. The van der Waals surface area contributed by atoms with E-state index in [-0.39, 0.29) is 0 Å². The summed E-state index contributed by atoms with van der Waals surface area (Å²) in [4.78, 5) is 23.6.